The van der Waals surface area contributed by atoms with Crippen molar-refractivity contribution in [1.29, 1.82) is 0 Å². The normalized spacial score (nSPS) is 31.2. The minimum absolute atomic E-state index is 0.0349. The van der Waals surface area contributed by atoms with Crippen LogP contribution in [0.2, 0.25) is 0 Å². The quantitative estimate of drug-likeness (QED) is 0.797. The van der Waals surface area contributed by atoms with Crippen molar-refractivity contribution in [2.75, 3.05) is 13.1 Å². The van der Waals surface area contributed by atoms with Gasteiger partial charge < -0.3 is 14.7 Å². The maximum Gasteiger partial charge on any atom is 0.251 e. The highest BCUT2D eigenvalue weighted by atomic mass is 16.5. The molecule has 4 nitrogen and oxygen atoms in total. The van der Waals surface area contributed by atoms with E-state index in [4.69, 9.17) is 4.74 Å². The van der Waals surface area contributed by atoms with Crippen LogP contribution in [0.3, 0.4) is 0 Å². The minimum Gasteiger partial charge on any atom is -0.391 e. The van der Waals surface area contributed by atoms with Gasteiger partial charge in [-0.05, 0) is 19.8 Å². The lowest BCUT2D eigenvalue weighted by molar-refractivity contribution is -0.146. The number of hydrogen-bond acceptors (Lipinski definition) is 3. The number of β-amino-alcohol motifs (C(OH)–C–C–N with tert-alkyl or cyclic N) is 1. The molecule has 2 rings (SSSR count). The Balaban J connectivity index is 1.81. The maximum atomic E-state index is 12.3. The molecule has 3 atom stereocenters. The Hall–Kier alpha value is -0.610. The molecule has 4 heteroatoms. The van der Waals surface area contributed by atoms with E-state index in [1.807, 2.05) is 13.8 Å². The highest BCUT2D eigenvalue weighted by molar-refractivity contribution is 5.80. The number of likely N-dealkylation sites (tertiary alicyclic amines) is 1. The number of ether oxygens (including phenoxy) is 1. The van der Waals surface area contributed by atoms with Gasteiger partial charge in [0.1, 0.15) is 6.10 Å². The standard InChI is InChI=1S/C15H27NO3/c1-11-9-16(10-14(11)17)15(18)12(2)19-13-7-5-3-4-6-8-13/h11-14,17H,3-10H2,1-2H3. The molecule has 2 fully saturated rings. The molecule has 0 aromatic carbocycles. The summed E-state index contributed by atoms with van der Waals surface area (Å²) in [6.07, 6.45) is 6.65. The fraction of sp³-hybridized carbons (Fsp3) is 0.933. The molecule has 1 saturated heterocycles. The number of aliphatic hydroxyl groups is 1. The van der Waals surface area contributed by atoms with E-state index in [0.717, 1.165) is 12.8 Å². The first-order valence-corrected chi connectivity index (χ1v) is 7.70. The first-order valence-electron chi connectivity index (χ1n) is 7.70. The van der Waals surface area contributed by atoms with Gasteiger partial charge in [-0.2, -0.15) is 0 Å². The highest BCUT2D eigenvalue weighted by Gasteiger charge is 2.33. The Labute approximate surface area is 116 Å². The Morgan fingerprint density at radius 2 is 1.84 bits per heavy atom. The number of aliphatic hydroxyl groups excluding tert-OH is 1. The Morgan fingerprint density at radius 1 is 1.21 bits per heavy atom. The smallest absolute Gasteiger partial charge is 0.251 e. The summed E-state index contributed by atoms with van der Waals surface area (Å²) in [7, 11) is 0. The third kappa shape index (κ3) is 3.93. The van der Waals surface area contributed by atoms with Crippen LogP contribution in [-0.4, -0.2) is 47.3 Å². The van der Waals surface area contributed by atoms with Gasteiger partial charge in [-0.1, -0.05) is 32.6 Å². The van der Waals surface area contributed by atoms with Crippen molar-refractivity contribution in [3.8, 4) is 0 Å². The van der Waals surface area contributed by atoms with E-state index in [2.05, 4.69) is 0 Å². The molecule has 1 saturated carbocycles. The van der Waals surface area contributed by atoms with Crippen LogP contribution >= 0.6 is 0 Å². The molecule has 19 heavy (non-hydrogen) atoms. The van der Waals surface area contributed by atoms with E-state index in [9.17, 15) is 9.90 Å². The zero-order valence-corrected chi connectivity index (χ0v) is 12.2. The van der Waals surface area contributed by atoms with Crippen molar-refractivity contribution >= 4 is 5.91 Å². The second-order valence-corrected chi connectivity index (χ2v) is 6.18. The zero-order chi connectivity index (χ0) is 13.8. The molecule has 2 aliphatic rings. The first-order chi connectivity index (χ1) is 9.08. The maximum absolute atomic E-state index is 12.3. The molecule has 1 N–H and O–H groups in total. The molecule has 0 radical (unpaired) electrons. The van der Waals surface area contributed by atoms with Crippen LogP contribution < -0.4 is 0 Å². The summed E-state index contributed by atoms with van der Waals surface area (Å²) in [4.78, 5) is 14.0. The number of nitrogens with zero attached hydrogens (tertiary/aromatic N) is 1. The number of amides is 1. The molecule has 3 unspecified atom stereocenters. The van der Waals surface area contributed by atoms with Crippen LogP contribution in [0.1, 0.15) is 52.4 Å². The molecule has 110 valence electrons. The van der Waals surface area contributed by atoms with Gasteiger partial charge in [0.25, 0.3) is 5.91 Å². The summed E-state index contributed by atoms with van der Waals surface area (Å²) in [6.45, 7) is 4.94. The molecule has 0 bridgehead atoms. The molecule has 1 aliphatic heterocycles. The fourth-order valence-corrected chi connectivity index (χ4v) is 3.11. The van der Waals surface area contributed by atoms with E-state index in [0.29, 0.717) is 13.1 Å². The van der Waals surface area contributed by atoms with E-state index in [-0.39, 0.29) is 30.1 Å². The molecule has 0 spiro atoms. The zero-order valence-electron chi connectivity index (χ0n) is 12.2. The van der Waals surface area contributed by atoms with E-state index in [1.54, 1.807) is 4.90 Å². The Morgan fingerprint density at radius 3 is 2.37 bits per heavy atom. The van der Waals surface area contributed by atoms with E-state index >= 15 is 0 Å². The average Bonchev–Trinajstić information content (AvgIpc) is 2.58. The lowest BCUT2D eigenvalue weighted by atomic mass is 10.1. The topological polar surface area (TPSA) is 49.8 Å². The summed E-state index contributed by atoms with van der Waals surface area (Å²) in [6, 6.07) is 0. The lowest BCUT2D eigenvalue weighted by Gasteiger charge is -2.24. The SMILES string of the molecule is CC(OC1CCCCCC1)C(=O)N1CC(C)C(O)C1. The van der Waals surface area contributed by atoms with Crippen LogP contribution in [0.15, 0.2) is 0 Å². The third-order valence-corrected chi connectivity index (χ3v) is 4.43. The first kappa shape index (κ1) is 14.8. The van der Waals surface area contributed by atoms with Crippen molar-refractivity contribution in [3.63, 3.8) is 0 Å². The molecule has 1 aliphatic carbocycles. The number of hydrogen-bond donors (Lipinski definition) is 1. The van der Waals surface area contributed by atoms with Gasteiger partial charge in [0.05, 0.1) is 12.2 Å². The summed E-state index contributed by atoms with van der Waals surface area (Å²) >= 11 is 0. The van der Waals surface area contributed by atoms with Gasteiger partial charge in [-0.15, -0.1) is 0 Å². The van der Waals surface area contributed by atoms with Crippen molar-refractivity contribution in [2.45, 2.75) is 70.7 Å². The van der Waals surface area contributed by atoms with Gasteiger partial charge >= 0.3 is 0 Å². The molecule has 1 heterocycles. The molecule has 1 amide bonds. The van der Waals surface area contributed by atoms with Crippen molar-refractivity contribution in [3.05, 3.63) is 0 Å². The van der Waals surface area contributed by atoms with Crippen LogP contribution in [0.25, 0.3) is 0 Å². The Kier molecular flexibility index (Phi) is 5.22. The molecule has 0 aromatic heterocycles. The van der Waals surface area contributed by atoms with Gasteiger partial charge in [0.15, 0.2) is 0 Å². The van der Waals surface area contributed by atoms with E-state index in [1.165, 1.54) is 25.7 Å². The minimum atomic E-state index is -0.381. The van der Waals surface area contributed by atoms with Crippen molar-refractivity contribution < 1.29 is 14.6 Å². The van der Waals surface area contributed by atoms with Crippen molar-refractivity contribution in [1.82, 2.24) is 4.90 Å². The summed E-state index contributed by atoms with van der Waals surface area (Å²) < 4.78 is 5.94. The fourth-order valence-electron chi connectivity index (χ4n) is 3.11. The predicted octanol–water partition coefficient (Wildman–Crippen LogP) is 1.95. The van der Waals surface area contributed by atoms with Crippen LogP contribution in [0, 0.1) is 5.92 Å². The van der Waals surface area contributed by atoms with Crippen LogP contribution in [-0.2, 0) is 9.53 Å². The number of rotatable bonds is 3. The molecular weight excluding hydrogens is 242 g/mol. The van der Waals surface area contributed by atoms with Crippen molar-refractivity contribution in [2.24, 2.45) is 5.92 Å². The summed E-state index contributed by atoms with van der Waals surface area (Å²) in [5.74, 6) is 0.210. The molecule has 0 aromatic rings. The molecular formula is C15H27NO3. The van der Waals surface area contributed by atoms with Gasteiger partial charge in [0, 0.05) is 19.0 Å². The lowest BCUT2D eigenvalue weighted by Crippen LogP contribution is -2.39. The Bertz CT molecular complexity index is 290. The number of carbonyl (C=O) groups excluding carboxylic acids is 1. The average molecular weight is 269 g/mol. The van der Waals surface area contributed by atoms with E-state index < -0.39 is 0 Å². The van der Waals surface area contributed by atoms with Crippen LogP contribution in [0.4, 0.5) is 0 Å². The summed E-state index contributed by atoms with van der Waals surface area (Å²) in [5, 5.41) is 9.72. The predicted molar refractivity (Wildman–Crippen MR) is 73.8 cm³/mol. The largest absolute Gasteiger partial charge is 0.391 e. The van der Waals surface area contributed by atoms with Gasteiger partial charge in [0.2, 0.25) is 0 Å². The van der Waals surface area contributed by atoms with Gasteiger partial charge in [-0.3, -0.25) is 4.79 Å². The second-order valence-electron chi connectivity index (χ2n) is 6.18. The van der Waals surface area contributed by atoms with Gasteiger partial charge in [-0.25, -0.2) is 0 Å². The summed E-state index contributed by atoms with van der Waals surface area (Å²) in [5.41, 5.74) is 0. The van der Waals surface area contributed by atoms with Crippen LogP contribution in [0.5, 0.6) is 0 Å². The second kappa shape index (κ2) is 6.71. The highest BCUT2D eigenvalue weighted by Crippen LogP contribution is 2.22. The monoisotopic (exact) mass is 269 g/mol. The number of carbonyl (C=O) groups is 1. The third-order valence-electron chi connectivity index (χ3n) is 4.43.